The van der Waals surface area contributed by atoms with Crippen LogP contribution in [0.25, 0.3) is 0 Å². The molecule has 1 heterocycles. The quantitative estimate of drug-likeness (QED) is 0.858. The topological polar surface area (TPSA) is 55.6 Å². The fourth-order valence-corrected chi connectivity index (χ4v) is 2.60. The summed E-state index contributed by atoms with van der Waals surface area (Å²) >= 11 is 0. The highest BCUT2D eigenvalue weighted by atomic mass is 16.5. The fourth-order valence-electron chi connectivity index (χ4n) is 2.60. The van der Waals surface area contributed by atoms with Crippen LogP contribution >= 0.6 is 0 Å². The van der Waals surface area contributed by atoms with Crippen molar-refractivity contribution in [2.75, 3.05) is 19.6 Å². The predicted molar refractivity (Wildman–Crippen MR) is 79.3 cm³/mol. The Labute approximate surface area is 120 Å². The van der Waals surface area contributed by atoms with Gasteiger partial charge in [-0.05, 0) is 31.7 Å². The van der Waals surface area contributed by atoms with Gasteiger partial charge in [0.15, 0.2) is 0 Å². The van der Waals surface area contributed by atoms with E-state index in [0.29, 0.717) is 6.54 Å². The zero-order chi connectivity index (χ0) is 14.4. The molecular formula is C16H24N2O2. The number of amides is 1. The molecule has 0 unspecified atom stereocenters. The molecule has 1 aromatic carbocycles. The van der Waals surface area contributed by atoms with Crippen molar-refractivity contribution in [3.8, 4) is 0 Å². The molecule has 4 nitrogen and oxygen atoms in total. The minimum atomic E-state index is -0.292. The number of rotatable bonds is 6. The summed E-state index contributed by atoms with van der Waals surface area (Å²) in [7, 11) is 0. The Morgan fingerprint density at radius 3 is 2.70 bits per heavy atom. The van der Waals surface area contributed by atoms with Crippen LogP contribution in [0.15, 0.2) is 30.3 Å². The number of hydrogen-bond donors (Lipinski definition) is 1. The molecule has 4 heteroatoms. The highest BCUT2D eigenvalue weighted by Gasteiger charge is 2.32. The molecule has 20 heavy (non-hydrogen) atoms. The summed E-state index contributed by atoms with van der Waals surface area (Å²) < 4.78 is 5.69. The van der Waals surface area contributed by atoms with E-state index in [1.807, 2.05) is 30.0 Å². The molecule has 0 bridgehead atoms. The Kier molecular flexibility index (Phi) is 5.56. The minimum absolute atomic E-state index is 0.0526. The number of carbonyl (C=O) groups excluding carboxylic acids is 1. The molecule has 1 amide bonds. The van der Waals surface area contributed by atoms with E-state index >= 15 is 0 Å². The van der Waals surface area contributed by atoms with Crippen molar-refractivity contribution in [1.82, 2.24) is 4.90 Å². The summed E-state index contributed by atoms with van der Waals surface area (Å²) in [5.74, 6) is 0.111. The van der Waals surface area contributed by atoms with Crippen LogP contribution in [0.2, 0.25) is 0 Å². The van der Waals surface area contributed by atoms with E-state index in [4.69, 9.17) is 10.5 Å². The van der Waals surface area contributed by atoms with Crippen LogP contribution in [0.1, 0.15) is 25.3 Å². The van der Waals surface area contributed by atoms with Gasteiger partial charge in [0.1, 0.15) is 6.10 Å². The van der Waals surface area contributed by atoms with Crippen molar-refractivity contribution in [2.45, 2.75) is 38.4 Å². The third-order valence-corrected chi connectivity index (χ3v) is 3.85. The Balaban J connectivity index is 1.86. The smallest absolute Gasteiger partial charge is 0.251 e. The molecule has 0 spiro atoms. The maximum atomic E-state index is 12.4. The van der Waals surface area contributed by atoms with Crippen LogP contribution in [0.4, 0.5) is 0 Å². The summed E-state index contributed by atoms with van der Waals surface area (Å²) in [6.45, 7) is 3.98. The first-order valence-corrected chi connectivity index (χ1v) is 7.42. The van der Waals surface area contributed by atoms with Gasteiger partial charge in [0.05, 0.1) is 6.10 Å². The summed E-state index contributed by atoms with van der Waals surface area (Å²) in [6.07, 6.45) is 2.33. The standard InChI is InChI=1S/C16H24N2O2/c1-2-18(11-10-13-6-4-3-5-7-13)16(19)15-9-8-14(12-17)20-15/h3-7,14-15H,2,8-12,17H2,1H3/t14-,15+/m1/s1. The number of nitrogens with zero attached hydrogens (tertiary/aromatic N) is 1. The van der Waals surface area contributed by atoms with Crippen LogP contribution in [-0.4, -0.2) is 42.6 Å². The Morgan fingerprint density at radius 2 is 2.10 bits per heavy atom. The SMILES string of the molecule is CCN(CCc1ccccc1)C(=O)[C@@H]1CC[C@H](CN)O1. The molecule has 0 aliphatic carbocycles. The van der Waals surface area contributed by atoms with E-state index in [2.05, 4.69) is 12.1 Å². The van der Waals surface area contributed by atoms with Gasteiger partial charge in [-0.25, -0.2) is 0 Å². The van der Waals surface area contributed by atoms with Crippen molar-refractivity contribution < 1.29 is 9.53 Å². The molecule has 1 fully saturated rings. The first kappa shape index (κ1) is 15.0. The van der Waals surface area contributed by atoms with E-state index < -0.39 is 0 Å². The Bertz CT molecular complexity index is 422. The van der Waals surface area contributed by atoms with Crippen molar-refractivity contribution in [3.05, 3.63) is 35.9 Å². The molecule has 2 N–H and O–H groups in total. The van der Waals surface area contributed by atoms with E-state index in [0.717, 1.165) is 32.4 Å². The van der Waals surface area contributed by atoms with Crippen molar-refractivity contribution >= 4 is 5.91 Å². The lowest BCUT2D eigenvalue weighted by Gasteiger charge is -2.24. The number of likely N-dealkylation sites (N-methyl/N-ethyl adjacent to an activating group) is 1. The third kappa shape index (κ3) is 3.81. The summed E-state index contributed by atoms with van der Waals surface area (Å²) in [6, 6.07) is 10.2. The van der Waals surface area contributed by atoms with Crippen LogP contribution in [0.5, 0.6) is 0 Å². The van der Waals surface area contributed by atoms with Gasteiger partial charge < -0.3 is 15.4 Å². The minimum Gasteiger partial charge on any atom is -0.364 e. The molecule has 1 aliphatic rings. The molecule has 1 saturated heterocycles. The van der Waals surface area contributed by atoms with Gasteiger partial charge >= 0.3 is 0 Å². The van der Waals surface area contributed by atoms with E-state index in [1.165, 1.54) is 5.56 Å². The van der Waals surface area contributed by atoms with Gasteiger partial charge in [-0.2, -0.15) is 0 Å². The number of carbonyl (C=O) groups is 1. The lowest BCUT2D eigenvalue weighted by Crippen LogP contribution is -2.40. The Morgan fingerprint density at radius 1 is 1.35 bits per heavy atom. The zero-order valence-electron chi connectivity index (χ0n) is 12.1. The summed E-state index contributed by atoms with van der Waals surface area (Å²) in [4.78, 5) is 14.3. The first-order valence-electron chi connectivity index (χ1n) is 7.42. The van der Waals surface area contributed by atoms with Crippen LogP contribution in [-0.2, 0) is 16.0 Å². The number of hydrogen-bond acceptors (Lipinski definition) is 3. The van der Waals surface area contributed by atoms with Gasteiger partial charge in [0, 0.05) is 19.6 Å². The van der Waals surface area contributed by atoms with Gasteiger partial charge in [0.25, 0.3) is 5.91 Å². The molecule has 110 valence electrons. The lowest BCUT2D eigenvalue weighted by molar-refractivity contribution is -0.142. The van der Waals surface area contributed by atoms with E-state index in [9.17, 15) is 4.79 Å². The predicted octanol–water partition coefficient (Wildman–Crippen LogP) is 1.58. The number of ether oxygens (including phenoxy) is 1. The second-order valence-electron chi connectivity index (χ2n) is 5.21. The Hall–Kier alpha value is -1.39. The van der Waals surface area contributed by atoms with Gasteiger partial charge in [-0.3, -0.25) is 4.79 Å². The molecule has 2 rings (SSSR count). The van der Waals surface area contributed by atoms with Crippen molar-refractivity contribution in [3.63, 3.8) is 0 Å². The number of benzene rings is 1. The first-order chi connectivity index (χ1) is 9.74. The maximum absolute atomic E-state index is 12.4. The molecule has 0 radical (unpaired) electrons. The van der Waals surface area contributed by atoms with E-state index in [-0.39, 0.29) is 18.1 Å². The maximum Gasteiger partial charge on any atom is 0.251 e. The molecule has 0 aromatic heterocycles. The third-order valence-electron chi connectivity index (χ3n) is 3.85. The van der Waals surface area contributed by atoms with Crippen LogP contribution in [0.3, 0.4) is 0 Å². The molecule has 1 aromatic rings. The normalized spacial score (nSPS) is 21.9. The monoisotopic (exact) mass is 276 g/mol. The highest BCUT2D eigenvalue weighted by Crippen LogP contribution is 2.20. The van der Waals surface area contributed by atoms with Gasteiger partial charge in [-0.15, -0.1) is 0 Å². The zero-order valence-corrected chi connectivity index (χ0v) is 12.1. The summed E-state index contributed by atoms with van der Waals surface area (Å²) in [5, 5.41) is 0. The van der Waals surface area contributed by atoms with E-state index in [1.54, 1.807) is 0 Å². The fraction of sp³-hybridized carbons (Fsp3) is 0.562. The largest absolute Gasteiger partial charge is 0.364 e. The molecule has 2 atom stereocenters. The molecular weight excluding hydrogens is 252 g/mol. The lowest BCUT2D eigenvalue weighted by atomic mass is 10.1. The molecule has 1 aliphatic heterocycles. The summed E-state index contributed by atoms with van der Waals surface area (Å²) in [5.41, 5.74) is 6.85. The highest BCUT2D eigenvalue weighted by molar-refractivity contribution is 5.81. The average molecular weight is 276 g/mol. The van der Waals surface area contributed by atoms with Gasteiger partial charge in [-0.1, -0.05) is 30.3 Å². The second kappa shape index (κ2) is 7.41. The van der Waals surface area contributed by atoms with Crippen LogP contribution in [0, 0.1) is 0 Å². The van der Waals surface area contributed by atoms with Gasteiger partial charge in [0.2, 0.25) is 0 Å². The van der Waals surface area contributed by atoms with Crippen LogP contribution < -0.4 is 5.73 Å². The average Bonchev–Trinajstić information content (AvgIpc) is 2.97. The number of nitrogens with two attached hydrogens (primary N) is 1. The van der Waals surface area contributed by atoms with Crippen molar-refractivity contribution in [1.29, 1.82) is 0 Å². The second-order valence-corrected chi connectivity index (χ2v) is 5.21. The van der Waals surface area contributed by atoms with Crippen molar-refractivity contribution in [2.24, 2.45) is 5.73 Å². The molecule has 0 saturated carbocycles.